The first-order chi connectivity index (χ1) is 6.36. The van der Waals surface area contributed by atoms with Crippen LogP contribution in [0.2, 0.25) is 0 Å². The highest BCUT2D eigenvalue weighted by molar-refractivity contribution is 5.25. The van der Waals surface area contributed by atoms with Gasteiger partial charge in [0.15, 0.2) is 11.6 Å². The van der Waals surface area contributed by atoms with Gasteiger partial charge < -0.3 is 9.15 Å². The van der Waals surface area contributed by atoms with Crippen LogP contribution in [-0.4, -0.2) is 4.98 Å². The van der Waals surface area contributed by atoms with Gasteiger partial charge in [0.2, 0.25) is 0 Å². The molecule has 2 rings (SSSR count). The summed E-state index contributed by atoms with van der Waals surface area (Å²) in [6.07, 6.45) is 2.82. The molecule has 0 aliphatic carbocycles. The number of nitrogens with zero attached hydrogens (tertiary/aromatic N) is 1. The summed E-state index contributed by atoms with van der Waals surface area (Å²) in [4.78, 5) is 3.70. The van der Waals surface area contributed by atoms with Crippen molar-refractivity contribution >= 4 is 0 Å². The predicted molar refractivity (Wildman–Crippen MR) is 43.0 cm³/mol. The normalized spacial score (nSPS) is 9.92. The Labute approximate surface area is 73.8 Å². The van der Waals surface area contributed by atoms with Gasteiger partial charge in [0.05, 0.1) is 6.20 Å². The number of oxazole rings is 1. The highest BCUT2D eigenvalue weighted by atomic mass is 19.1. The van der Waals surface area contributed by atoms with E-state index in [1.807, 2.05) is 0 Å². The lowest BCUT2D eigenvalue weighted by molar-refractivity contribution is 0.318. The van der Waals surface area contributed by atoms with E-state index in [1.165, 1.54) is 24.6 Å². The van der Waals surface area contributed by atoms with Crippen LogP contribution in [0.3, 0.4) is 0 Å². The summed E-state index contributed by atoms with van der Waals surface area (Å²) in [5.74, 6) is -0.342. The molecule has 3 nitrogen and oxygen atoms in total. The first kappa shape index (κ1) is 7.79. The van der Waals surface area contributed by atoms with Crippen molar-refractivity contribution in [2.75, 3.05) is 0 Å². The molecule has 0 aliphatic heterocycles. The molecule has 0 aliphatic rings. The second kappa shape index (κ2) is 3.26. The van der Waals surface area contributed by atoms with Crippen molar-refractivity contribution in [3.05, 3.63) is 42.5 Å². The molecule has 66 valence electrons. The zero-order chi connectivity index (χ0) is 9.10. The van der Waals surface area contributed by atoms with Gasteiger partial charge in [-0.1, -0.05) is 12.1 Å². The highest BCUT2D eigenvalue weighted by Crippen LogP contribution is 2.21. The van der Waals surface area contributed by atoms with Crippen LogP contribution in [0.5, 0.6) is 11.8 Å². The van der Waals surface area contributed by atoms with Gasteiger partial charge >= 0.3 is 6.08 Å². The zero-order valence-electron chi connectivity index (χ0n) is 6.61. The average molecular weight is 179 g/mol. The van der Waals surface area contributed by atoms with Gasteiger partial charge in [-0.05, 0) is 12.1 Å². The maximum absolute atomic E-state index is 13.0. The van der Waals surface area contributed by atoms with Crippen molar-refractivity contribution < 1.29 is 13.5 Å². The number of halogens is 1. The van der Waals surface area contributed by atoms with Crippen LogP contribution in [0.1, 0.15) is 0 Å². The second-order valence-electron chi connectivity index (χ2n) is 2.33. The number of benzene rings is 1. The minimum absolute atomic E-state index is 0.0325. The fourth-order valence-electron chi connectivity index (χ4n) is 0.882. The second-order valence-corrected chi connectivity index (χ2v) is 2.33. The van der Waals surface area contributed by atoms with Gasteiger partial charge in [0.25, 0.3) is 0 Å². The number of para-hydroxylation sites is 1. The molecule has 0 saturated carbocycles. The minimum Gasteiger partial charge on any atom is -0.417 e. The maximum atomic E-state index is 13.0. The van der Waals surface area contributed by atoms with E-state index in [4.69, 9.17) is 9.15 Å². The summed E-state index contributed by atoms with van der Waals surface area (Å²) >= 11 is 0. The van der Waals surface area contributed by atoms with Gasteiger partial charge in [0, 0.05) is 0 Å². The van der Waals surface area contributed by atoms with Crippen LogP contribution in [-0.2, 0) is 0 Å². The van der Waals surface area contributed by atoms with Crippen molar-refractivity contribution in [2.45, 2.75) is 0 Å². The van der Waals surface area contributed by atoms with Gasteiger partial charge in [-0.2, -0.15) is 4.98 Å². The molecule has 0 unspecified atom stereocenters. The van der Waals surface area contributed by atoms with Crippen LogP contribution < -0.4 is 4.74 Å². The largest absolute Gasteiger partial charge is 0.417 e. The molecule has 1 heterocycles. The lowest BCUT2D eigenvalue weighted by Crippen LogP contribution is -1.86. The molecule has 0 fully saturated rings. The SMILES string of the molecule is Fc1ccccc1Oc1ncco1. The van der Waals surface area contributed by atoms with Gasteiger partial charge in [0.1, 0.15) is 6.26 Å². The number of ether oxygens (including phenoxy) is 1. The number of hydrogen-bond acceptors (Lipinski definition) is 3. The Hall–Kier alpha value is -1.84. The molecule has 0 atom stereocenters. The Morgan fingerprint density at radius 1 is 1.31 bits per heavy atom. The van der Waals surface area contributed by atoms with Gasteiger partial charge in [-0.15, -0.1) is 0 Å². The minimum atomic E-state index is -0.444. The summed E-state index contributed by atoms with van der Waals surface area (Å²) in [6, 6.07) is 6.05. The lowest BCUT2D eigenvalue weighted by atomic mass is 10.3. The summed E-state index contributed by atoms with van der Waals surface area (Å²) < 4.78 is 22.8. The van der Waals surface area contributed by atoms with Crippen LogP contribution in [0.25, 0.3) is 0 Å². The molecule has 4 heteroatoms. The molecule has 0 saturated heterocycles. The van der Waals surface area contributed by atoms with Crippen molar-refractivity contribution in [2.24, 2.45) is 0 Å². The quantitative estimate of drug-likeness (QED) is 0.710. The Kier molecular flexibility index (Phi) is 1.96. The third-order valence-electron chi connectivity index (χ3n) is 1.44. The van der Waals surface area contributed by atoms with Crippen LogP contribution in [0.4, 0.5) is 4.39 Å². The monoisotopic (exact) mass is 179 g/mol. The van der Waals surface area contributed by atoms with Crippen LogP contribution in [0.15, 0.2) is 41.1 Å². The number of hydrogen-bond donors (Lipinski definition) is 0. The smallest absolute Gasteiger partial charge is 0.399 e. The first-order valence-electron chi connectivity index (χ1n) is 3.68. The summed E-state index contributed by atoms with van der Waals surface area (Å²) in [5, 5.41) is 0. The zero-order valence-corrected chi connectivity index (χ0v) is 6.61. The molecule has 13 heavy (non-hydrogen) atoms. The molecule has 1 aromatic heterocycles. The third kappa shape index (κ3) is 1.66. The lowest BCUT2D eigenvalue weighted by Gasteiger charge is -2.00. The molecular formula is C9H6FNO2. The van der Waals surface area contributed by atoms with E-state index in [0.717, 1.165) is 0 Å². The van der Waals surface area contributed by atoms with E-state index < -0.39 is 5.82 Å². The molecule has 0 spiro atoms. The summed E-state index contributed by atoms with van der Waals surface area (Å²) in [7, 11) is 0. The van der Waals surface area contributed by atoms with E-state index in [0.29, 0.717) is 0 Å². The molecule has 0 amide bonds. The highest BCUT2D eigenvalue weighted by Gasteiger charge is 2.05. The van der Waals surface area contributed by atoms with E-state index in [-0.39, 0.29) is 11.8 Å². The van der Waals surface area contributed by atoms with Gasteiger partial charge in [-0.3, -0.25) is 0 Å². The number of aromatic nitrogens is 1. The summed E-state index contributed by atoms with van der Waals surface area (Å²) in [6.45, 7) is 0. The van der Waals surface area contributed by atoms with E-state index in [1.54, 1.807) is 12.1 Å². The number of rotatable bonds is 2. The molecular weight excluding hydrogens is 173 g/mol. The standard InChI is InChI=1S/C9H6FNO2/c10-7-3-1-2-4-8(7)13-9-11-5-6-12-9/h1-6H. The van der Waals surface area contributed by atoms with Crippen LogP contribution >= 0.6 is 0 Å². The Morgan fingerprint density at radius 2 is 2.15 bits per heavy atom. The maximum Gasteiger partial charge on any atom is 0.399 e. The Morgan fingerprint density at radius 3 is 2.85 bits per heavy atom. The van der Waals surface area contributed by atoms with Gasteiger partial charge in [-0.25, -0.2) is 4.39 Å². The van der Waals surface area contributed by atoms with E-state index in [9.17, 15) is 4.39 Å². The molecule has 2 aromatic rings. The summed E-state index contributed by atoms with van der Waals surface area (Å²) in [5.41, 5.74) is 0. The average Bonchev–Trinajstić information content (AvgIpc) is 2.61. The molecule has 1 aromatic carbocycles. The fraction of sp³-hybridized carbons (Fsp3) is 0. The Balaban J connectivity index is 2.24. The predicted octanol–water partition coefficient (Wildman–Crippen LogP) is 2.61. The van der Waals surface area contributed by atoms with Crippen molar-refractivity contribution in [3.63, 3.8) is 0 Å². The van der Waals surface area contributed by atoms with Crippen molar-refractivity contribution in [3.8, 4) is 11.8 Å². The third-order valence-corrected chi connectivity index (χ3v) is 1.44. The molecule has 0 bridgehead atoms. The Bertz CT molecular complexity index is 386. The fourth-order valence-corrected chi connectivity index (χ4v) is 0.882. The molecule has 0 radical (unpaired) electrons. The van der Waals surface area contributed by atoms with Crippen LogP contribution in [0, 0.1) is 5.82 Å². The van der Waals surface area contributed by atoms with Crippen molar-refractivity contribution in [1.29, 1.82) is 0 Å². The van der Waals surface area contributed by atoms with E-state index in [2.05, 4.69) is 4.98 Å². The molecule has 0 N–H and O–H groups in total. The van der Waals surface area contributed by atoms with Crippen molar-refractivity contribution in [1.82, 2.24) is 4.98 Å². The topological polar surface area (TPSA) is 35.3 Å². The first-order valence-corrected chi connectivity index (χ1v) is 3.68. The van der Waals surface area contributed by atoms with E-state index >= 15 is 0 Å².